The highest BCUT2D eigenvalue weighted by atomic mass is 32.2. The van der Waals surface area contributed by atoms with E-state index in [0.717, 1.165) is 17.1 Å². The lowest BCUT2D eigenvalue weighted by molar-refractivity contribution is -0.137. The first-order valence-corrected chi connectivity index (χ1v) is 11.3. The van der Waals surface area contributed by atoms with Gasteiger partial charge in [0.15, 0.2) is 0 Å². The molecule has 1 aliphatic carbocycles. The maximum Gasteiger partial charge on any atom is 0.318 e. The molecule has 0 aliphatic heterocycles. The van der Waals surface area contributed by atoms with Gasteiger partial charge in [0, 0.05) is 6.54 Å². The fourth-order valence-corrected chi connectivity index (χ4v) is 4.40. The number of carboxylic acids is 1. The SMILES string of the molecule is O=C(O)CN(Cc1ccc(-n2nccn2)cc1)S(=O)(=O)c1ccc(OCC2CC2)cc1. The van der Waals surface area contributed by atoms with Crippen molar-refractivity contribution in [3.05, 3.63) is 66.5 Å². The van der Waals surface area contributed by atoms with Gasteiger partial charge in [0.2, 0.25) is 10.0 Å². The van der Waals surface area contributed by atoms with Crippen LogP contribution < -0.4 is 4.74 Å². The lowest BCUT2D eigenvalue weighted by Crippen LogP contribution is -2.35. The van der Waals surface area contributed by atoms with Gasteiger partial charge in [0.05, 0.1) is 29.6 Å². The molecule has 162 valence electrons. The Bertz CT molecular complexity index is 1130. The van der Waals surface area contributed by atoms with Crippen LogP contribution in [0.2, 0.25) is 0 Å². The van der Waals surface area contributed by atoms with E-state index in [4.69, 9.17) is 4.74 Å². The maximum atomic E-state index is 13.1. The molecule has 3 aromatic rings. The minimum absolute atomic E-state index is 0.0184. The average Bonchev–Trinajstić information content (AvgIpc) is 3.43. The van der Waals surface area contributed by atoms with Crippen LogP contribution in [-0.4, -0.2) is 51.9 Å². The molecular weight excluding hydrogens is 420 g/mol. The molecule has 1 heterocycles. The molecule has 0 bridgehead atoms. The lowest BCUT2D eigenvalue weighted by atomic mass is 10.2. The highest BCUT2D eigenvalue weighted by Gasteiger charge is 2.27. The van der Waals surface area contributed by atoms with E-state index in [9.17, 15) is 18.3 Å². The molecule has 1 aliphatic rings. The second-order valence-corrected chi connectivity index (χ2v) is 9.32. The largest absolute Gasteiger partial charge is 0.493 e. The Morgan fingerprint density at radius 3 is 2.29 bits per heavy atom. The molecule has 1 aromatic heterocycles. The van der Waals surface area contributed by atoms with Crippen LogP contribution in [0.4, 0.5) is 0 Å². The van der Waals surface area contributed by atoms with Crippen LogP contribution in [0, 0.1) is 5.92 Å². The lowest BCUT2D eigenvalue weighted by Gasteiger charge is -2.21. The van der Waals surface area contributed by atoms with Crippen LogP contribution in [0.1, 0.15) is 18.4 Å². The Balaban J connectivity index is 1.51. The summed E-state index contributed by atoms with van der Waals surface area (Å²) in [5.74, 6) is -0.0475. The summed E-state index contributed by atoms with van der Waals surface area (Å²) in [5, 5.41) is 17.3. The van der Waals surface area contributed by atoms with E-state index >= 15 is 0 Å². The topological polar surface area (TPSA) is 115 Å². The molecule has 2 aromatic carbocycles. The summed E-state index contributed by atoms with van der Waals surface area (Å²) in [6.45, 7) is -0.104. The summed E-state index contributed by atoms with van der Waals surface area (Å²) in [5.41, 5.74) is 1.35. The minimum Gasteiger partial charge on any atom is -0.493 e. The quantitative estimate of drug-likeness (QED) is 0.512. The molecular formula is C21H22N4O5S. The van der Waals surface area contributed by atoms with Crippen molar-refractivity contribution in [1.82, 2.24) is 19.3 Å². The number of nitrogens with zero attached hydrogens (tertiary/aromatic N) is 4. The van der Waals surface area contributed by atoms with E-state index in [1.165, 1.54) is 16.9 Å². The number of rotatable bonds is 10. The molecule has 0 unspecified atom stereocenters. The fraction of sp³-hybridized carbons (Fsp3) is 0.286. The predicted molar refractivity (Wildman–Crippen MR) is 111 cm³/mol. The van der Waals surface area contributed by atoms with Crippen LogP contribution in [-0.2, 0) is 21.4 Å². The van der Waals surface area contributed by atoms with E-state index in [1.807, 2.05) is 0 Å². The zero-order valence-electron chi connectivity index (χ0n) is 16.7. The zero-order valence-corrected chi connectivity index (χ0v) is 17.5. The number of sulfonamides is 1. The molecule has 0 spiro atoms. The summed E-state index contributed by atoms with van der Waals surface area (Å²) in [6, 6.07) is 13.0. The Labute approximate surface area is 179 Å². The number of aliphatic carboxylic acids is 1. The summed E-state index contributed by atoms with van der Waals surface area (Å²) >= 11 is 0. The van der Waals surface area contributed by atoms with Crippen LogP contribution >= 0.6 is 0 Å². The van der Waals surface area contributed by atoms with E-state index in [2.05, 4.69) is 10.2 Å². The van der Waals surface area contributed by atoms with Gasteiger partial charge in [0.25, 0.3) is 0 Å². The van der Waals surface area contributed by atoms with Crippen molar-refractivity contribution < 1.29 is 23.1 Å². The number of hydrogen-bond acceptors (Lipinski definition) is 6. The molecule has 31 heavy (non-hydrogen) atoms. The highest BCUT2D eigenvalue weighted by Crippen LogP contribution is 2.30. The number of carbonyl (C=O) groups is 1. The first kappa shape index (κ1) is 21.0. The molecule has 1 saturated carbocycles. The number of carboxylic acid groups (broad SMARTS) is 1. The number of benzene rings is 2. The van der Waals surface area contributed by atoms with Gasteiger partial charge in [-0.2, -0.15) is 19.3 Å². The number of ether oxygens (including phenoxy) is 1. The second kappa shape index (κ2) is 8.86. The predicted octanol–water partition coefficient (Wildman–Crippen LogP) is 2.33. The van der Waals surface area contributed by atoms with Crippen LogP contribution in [0.3, 0.4) is 0 Å². The summed E-state index contributed by atoms with van der Waals surface area (Å²) in [7, 11) is -4.02. The molecule has 0 amide bonds. The van der Waals surface area contributed by atoms with Crippen molar-refractivity contribution in [2.75, 3.05) is 13.2 Å². The van der Waals surface area contributed by atoms with E-state index < -0.39 is 22.5 Å². The third-order valence-electron chi connectivity index (χ3n) is 4.90. The van der Waals surface area contributed by atoms with E-state index in [0.29, 0.717) is 29.5 Å². The number of hydrogen-bond donors (Lipinski definition) is 1. The third kappa shape index (κ3) is 5.28. The Hall–Kier alpha value is -3.24. The molecule has 4 rings (SSSR count). The molecule has 0 atom stereocenters. The van der Waals surface area contributed by atoms with Crippen molar-refractivity contribution in [3.63, 3.8) is 0 Å². The number of aromatic nitrogens is 3. The van der Waals surface area contributed by atoms with Gasteiger partial charge in [-0.1, -0.05) is 12.1 Å². The van der Waals surface area contributed by atoms with Gasteiger partial charge in [0.1, 0.15) is 12.3 Å². The fourth-order valence-electron chi connectivity index (χ4n) is 3.02. The molecule has 0 radical (unpaired) electrons. The average molecular weight is 442 g/mol. The minimum atomic E-state index is -4.02. The standard InChI is InChI=1S/C21H22N4O5S/c26-21(27)14-24(13-16-3-5-18(6-4-16)25-22-11-12-23-25)31(28,29)20-9-7-19(8-10-20)30-15-17-1-2-17/h3-12,17H,1-2,13-15H2,(H,26,27). The summed E-state index contributed by atoms with van der Waals surface area (Å²) < 4.78 is 32.8. The molecule has 9 nitrogen and oxygen atoms in total. The van der Waals surface area contributed by atoms with Gasteiger partial charge < -0.3 is 9.84 Å². The van der Waals surface area contributed by atoms with Gasteiger partial charge in [-0.25, -0.2) is 8.42 Å². The van der Waals surface area contributed by atoms with Crippen molar-refractivity contribution in [3.8, 4) is 11.4 Å². The summed E-state index contributed by atoms with van der Waals surface area (Å²) in [6.07, 6.45) is 5.43. The van der Waals surface area contributed by atoms with Gasteiger partial charge in [-0.05, 0) is 60.7 Å². The smallest absolute Gasteiger partial charge is 0.318 e. The Morgan fingerprint density at radius 2 is 1.71 bits per heavy atom. The molecule has 10 heteroatoms. The van der Waals surface area contributed by atoms with E-state index in [1.54, 1.807) is 48.8 Å². The van der Waals surface area contributed by atoms with Gasteiger partial charge in [-0.3, -0.25) is 4.79 Å². The van der Waals surface area contributed by atoms with Crippen molar-refractivity contribution in [2.45, 2.75) is 24.3 Å². The zero-order chi connectivity index (χ0) is 21.8. The normalized spacial score (nSPS) is 14.0. The van der Waals surface area contributed by atoms with Crippen LogP contribution in [0.5, 0.6) is 5.75 Å². The Kier molecular flexibility index (Phi) is 6.01. The first-order chi connectivity index (χ1) is 14.9. The third-order valence-corrected chi connectivity index (χ3v) is 6.71. The van der Waals surface area contributed by atoms with Crippen LogP contribution in [0.25, 0.3) is 5.69 Å². The van der Waals surface area contributed by atoms with Gasteiger partial charge >= 0.3 is 5.97 Å². The van der Waals surface area contributed by atoms with Crippen molar-refractivity contribution in [2.24, 2.45) is 5.92 Å². The first-order valence-electron chi connectivity index (χ1n) is 9.82. The van der Waals surface area contributed by atoms with Gasteiger partial charge in [-0.15, -0.1) is 0 Å². The molecule has 0 saturated heterocycles. The second-order valence-electron chi connectivity index (χ2n) is 7.38. The Morgan fingerprint density at radius 1 is 1.06 bits per heavy atom. The molecule has 1 fully saturated rings. The van der Waals surface area contributed by atoms with E-state index in [-0.39, 0.29) is 11.4 Å². The highest BCUT2D eigenvalue weighted by molar-refractivity contribution is 7.89. The maximum absolute atomic E-state index is 13.1. The van der Waals surface area contributed by atoms with Crippen LogP contribution in [0.15, 0.2) is 65.8 Å². The van der Waals surface area contributed by atoms with Crippen molar-refractivity contribution in [1.29, 1.82) is 0 Å². The summed E-state index contributed by atoms with van der Waals surface area (Å²) in [4.78, 5) is 12.8. The molecule has 1 N–H and O–H groups in total. The van der Waals surface area contributed by atoms with Crippen molar-refractivity contribution >= 4 is 16.0 Å². The monoisotopic (exact) mass is 442 g/mol.